The van der Waals surface area contributed by atoms with Crippen molar-refractivity contribution in [2.45, 2.75) is 50.2 Å². The molecule has 5 rings (SSSR count). The Morgan fingerprint density at radius 2 is 1.79 bits per heavy atom. The van der Waals surface area contributed by atoms with E-state index in [4.69, 9.17) is 16.3 Å². The number of piperidine rings is 1. The highest BCUT2D eigenvalue weighted by atomic mass is 35.5. The Labute approximate surface area is 203 Å². The fourth-order valence-corrected chi connectivity index (χ4v) is 5.43. The summed E-state index contributed by atoms with van der Waals surface area (Å²) in [5.74, 6) is -0.0391. The van der Waals surface area contributed by atoms with Gasteiger partial charge in [0.1, 0.15) is 5.69 Å². The van der Waals surface area contributed by atoms with E-state index in [0.29, 0.717) is 23.8 Å². The van der Waals surface area contributed by atoms with Crippen molar-refractivity contribution < 1.29 is 14.3 Å². The van der Waals surface area contributed by atoms with Crippen molar-refractivity contribution in [3.63, 3.8) is 0 Å². The maximum Gasteiger partial charge on any atom is 0.328 e. The number of imide groups is 1. The van der Waals surface area contributed by atoms with Gasteiger partial charge in [-0.15, -0.1) is 0 Å². The molecule has 2 aromatic rings. The number of pyridine rings is 1. The number of aromatic nitrogens is 1. The zero-order valence-corrected chi connectivity index (χ0v) is 20.0. The van der Waals surface area contributed by atoms with E-state index in [-0.39, 0.29) is 29.4 Å². The molecule has 3 fully saturated rings. The average Bonchev–Trinajstić information content (AvgIpc) is 3.61. The Bertz CT molecular complexity index is 1170. The molecule has 0 atom stereocenters. The minimum absolute atomic E-state index is 0.0231. The minimum atomic E-state index is -0.438. The van der Waals surface area contributed by atoms with Crippen molar-refractivity contribution in [2.75, 3.05) is 36.5 Å². The van der Waals surface area contributed by atoms with E-state index in [9.17, 15) is 14.4 Å². The van der Waals surface area contributed by atoms with Crippen LogP contribution in [-0.2, 0) is 16.1 Å². The monoisotopic (exact) mass is 484 g/mol. The van der Waals surface area contributed by atoms with Gasteiger partial charge in [-0.1, -0.05) is 23.7 Å². The summed E-state index contributed by atoms with van der Waals surface area (Å²) in [7, 11) is 1.71. The van der Waals surface area contributed by atoms with Gasteiger partial charge in [0.25, 0.3) is 5.56 Å². The number of benzene rings is 1. The molecule has 1 aliphatic carbocycles. The lowest BCUT2D eigenvalue weighted by molar-refractivity contribution is -0.120. The van der Waals surface area contributed by atoms with Crippen LogP contribution in [0.1, 0.15) is 43.6 Å². The number of hydrogen-bond acceptors (Lipinski definition) is 5. The summed E-state index contributed by atoms with van der Waals surface area (Å²) in [6.45, 7) is 2.40. The highest BCUT2D eigenvalue weighted by molar-refractivity contribution is 6.34. The third-order valence-corrected chi connectivity index (χ3v) is 7.74. The Hall–Kier alpha value is -2.84. The summed E-state index contributed by atoms with van der Waals surface area (Å²) in [5.41, 5.74) is 2.20. The van der Waals surface area contributed by atoms with Crippen molar-refractivity contribution in [1.29, 1.82) is 0 Å². The predicted molar refractivity (Wildman–Crippen MR) is 131 cm³/mol. The van der Waals surface area contributed by atoms with Crippen molar-refractivity contribution in [3.05, 3.63) is 57.5 Å². The van der Waals surface area contributed by atoms with Crippen LogP contribution in [0.25, 0.3) is 0 Å². The predicted octanol–water partition coefficient (Wildman–Crippen LogP) is 3.51. The van der Waals surface area contributed by atoms with Gasteiger partial charge in [0, 0.05) is 39.4 Å². The number of nitrogens with one attached hydrogen (secondary N) is 1. The van der Waals surface area contributed by atoms with E-state index in [1.54, 1.807) is 11.7 Å². The van der Waals surface area contributed by atoms with Gasteiger partial charge in [-0.3, -0.25) is 19.8 Å². The molecular formula is C25H29ClN4O4. The number of hydrogen-bond donors (Lipinski definition) is 1. The van der Waals surface area contributed by atoms with E-state index in [0.717, 1.165) is 50.0 Å². The van der Waals surface area contributed by atoms with Crippen molar-refractivity contribution in [2.24, 2.45) is 0 Å². The average molecular weight is 485 g/mol. The topological polar surface area (TPSA) is 83.9 Å². The smallest absolute Gasteiger partial charge is 0.328 e. The van der Waals surface area contributed by atoms with E-state index >= 15 is 0 Å². The SMILES string of the molecule is COC1(Cn2cccc(N3CCC(c4cccc(N5CCC(=O)NC5=O)c4Cl)CC3)c2=O)CC1. The van der Waals surface area contributed by atoms with Crippen LogP contribution in [0, 0.1) is 0 Å². The molecule has 0 radical (unpaired) electrons. The zero-order valence-electron chi connectivity index (χ0n) is 19.3. The first kappa shape index (κ1) is 22.9. The van der Waals surface area contributed by atoms with Gasteiger partial charge in [-0.2, -0.15) is 0 Å². The number of ether oxygens (including phenoxy) is 1. The molecule has 0 bridgehead atoms. The number of nitrogens with zero attached hydrogens (tertiary/aromatic N) is 3. The molecule has 3 aliphatic rings. The Morgan fingerprint density at radius 1 is 1.06 bits per heavy atom. The van der Waals surface area contributed by atoms with Crippen molar-refractivity contribution >= 4 is 34.9 Å². The summed E-state index contributed by atoms with van der Waals surface area (Å²) in [6, 6.07) is 9.13. The van der Waals surface area contributed by atoms with Crippen LogP contribution in [0.5, 0.6) is 0 Å². The Balaban J connectivity index is 1.30. The fraction of sp³-hybridized carbons (Fsp3) is 0.480. The molecule has 0 unspecified atom stereocenters. The Kier molecular flexibility index (Phi) is 6.12. The van der Waals surface area contributed by atoms with Crippen LogP contribution >= 0.6 is 11.6 Å². The van der Waals surface area contributed by atoms with Gasteiger partial charge in [-0.05, 0) is 55.4 Å². The highest BCUT2D eigenvalue weighted by Gasteiger charge is 2.43. The second-order valence-corrected chi connectivity index (χ2v) is 9.79. The summed E-state index contributed by atoms with van der Waals surface area (Å²) in [6.07, 6.45) is 5.77. The minimum Gasteiger partial charge on any atom is -0.376 e. The molecule has 8 nitrogen and oxygen atoms in total. The molecule has 9 heteroatoms. The summed E-state index contributed by atoms with van der Waals surface area (Å²) in [5, 5.41) is 2.91. The molecule has 0 spiro atoms. The number of carbonyl (C=O) groups is 2. The molecule has 1 N–H and O–H groups in total. The normalized spacial score (nSPS) is 20.4. The maximum absolute atomic E-state index is 13.1. The third-order valence-electron chi connectivity index (χ3n) is 7.33. The van der Waals surface area contributed by atoms with Crippen molar-refractivity contribution in [1.82, 2.24) is 9.88 Å². The van der Waals surface area contributed by atoms with E-state index in [1.807, 2.05) is 36.5 Å². The van der Waals surface area contributed by atoms with Gasteiger partial charge in [0.15, 0.2) is 0 Å². The lowest BCUT2D eigenvalue weighted by atomic mass is 9.88. The number of halogens is 1. The van der Waals surface area contributed by atoms with Crippen LogP contribution in [0.4, 0.5) is 16.2 Å². The quantitative estimate of drug-likeness (QED) is 0.678. The summed E-state index contributed by atoms with van der Waals surface area (Å²) in [4.78, 5) is 40.6. The van der Waals surface area contributed by atoms with Crippen LogP contribution in [0.3, 0.4) is 0 Å². The molecule has 1 aromatic carbocycles. The van der Waals surface area contributed by atoms with E-state index < -0.39 is 6.03 Å². The van der Waals surface area contributed by atoms with E-state index in [2.05, 4.69) is 10.2 Å². The molecule has 3 amide bonds. The number of methoxy groups -OCH3 is 1. The first-order chi connectivity index (χ1) is 16.4. The van der Waals surface area contributed by atoms with Crippen LogP contribution < -0.4 is 20.7 Å². The van der Waals surface area contributed by atoms with Gasteiger partial charge >= 0.3 is 6.03 Å². The molecule has 180 valence electrons. The van der Waals surface area contributed by atoms with Crippen LogP contribution in [-0.4, -0.2) is 48.9 Å². The third kappa shape index (κ3) is 4.32. The van der Waals surface area contributed by atoms with Gasteiger partial charge in [-0.25, -0.2) is 4.79 Å². The Morgan fingerprint density at radius 3 is 2.47 bits per heavy atom. The maximum atomic E-state index is 13.1. The standard InChI is InChI=1S/C25H29ClN4O4/c1-34-25(10-11-25)16-29-12-3-6-20(23(29)32)28-13-7-17(8-14-28)18-4-2-5-19(22(18)26)30-15-9-21(31)27-24(30)33/h2-6,12,17H,7-11,13-16H2,1H3,(H,27,31,33). The lowest BCUT2D eigenvalue weighted by Crippen LogP contribution is -2.49. The molecule has 2 saturated heterocycles. The molecular weight excluding hydrogens is 456 g/mol. The first-order valence-electron chi connectivity index (χ1n) is 11.8. The summed E-state index contributed by atoms with van der Waals surface area (Å²) >= 11 is 6.77. The number of rotatable bonds is 6. The van der Waals surface area contributed by atoms with E-state index in [1.165, 1.54) is 4.90 Å². The van der Waals surface area contributed by atoms with Crippen molar-refractivity contribution in [3.8, 4) is 0 Å². The molecule has 2 aliphatic heterocycles. The summed E-state index contributed by atoms with van der Waals surface area (Å²) < 4.78 is 7.37. The van der Waals surface area contributed by atoms with Gasteiger partial charge < -0.3 is 14.2 Å². The van der Waals surface area contributed by atoms with Crippen LogP contribution in [0.15, 0.2) is 41.3 Å². The van der Waals surface area contributed by atoms with Crippen LogP contribution in [0.2, 0.25) is 5.02 Å². The van der Waals surface area contributed by atoms with Gasteiger partial charge in [0.05, 0.1) is 22.9 Å². The molecule has 1 saturated carbocycles. The number of urea groups is 1. The zero-order chi connectivity index (χ0) is 23.9. The largest absolute Gasteiger partial charge is 0.376 e. The first-order valence-corrected chi connectivity index (χ1v) is 12.2. The molecule has 1 aromatic heterocycles. The second kappa shape index (κ2) is 9.07. The molecule has 34 heavy (non-hydrogen) atoms. The second-order valence-electron chi connectivity index (χ2n) is 9.41. The highest BCUT2D eigenvalue weighted by Crippen LogP contribution is 2.41. The number of anilines is 2. The number of amides is 3. The molecule has 3 heterocycles. The lowest BCUT2D eigenvalue weighted by Gasteiger charge is -2.35. The van der Waals surface area contributed by atoms with Gasteiger partial charge in [0.2, 0.25) is 5.91 Å². The number of carbonyl (C=O) groups excluding carboxylic acids is 2. The fourth-order valence-electron chi connectivity index (χ4n) is 5.05.